The Balaban J connectivity index is 2.14. The molecule has 20 heavy (non-hydrogen) atoms. The Morgan fingerprint density at radius 2 is 2.20 bits per heavy atom. The van der Waals surface area contributed by atoms with E-state index in [9.17, 15) is 13.2 Å². The number of aryl methyl sites for hydroxylation is 1. The Morgan fingerprint density at radius 1 is 1.50 bits per heavy atom. The second kappa shape index (κ2) is 5.41. The summed E-state index contributed by atoms with van der Waals surface area (Å²) >= 11 is 0. The highest BCUT2D eigenvalue weighted by Gasteiger charge is 2.32. The number of piperidine rings is 1. The molecule has 0 spiro atoms. The number of H-pyrrole nitrogens is 1. The number of hydrogen-bond donors (Lipinski definition) is 3. The van der Waals surface area contributed by atoms with Gasteiger partial charge in [-0.1, -0.05) is 0 Å². The van der Waals surface area contributed by atoms with E-state index in [1.54, 1.807) is 13.8 Å². The fourth-order valence-electron chi connectivity index (χ4n) is 2.13. The van der Waals surface area contributed by atoms with Crippen molar-refractivity contribution in [1.29, 1.82) is 0 Å². The largest absolute Gasteiger partial charge is 0.481 e. The second-order valence-electron chi connectivity index (χ2n) is 4.96. The number of hydrogen-bond acceptors (Lipinski definition) is 4. The number of aromatic amines is 1. The molecule has 8 nitrogen and oxygen atoms in total. The van der Waals surface area contributed by atoms with Crippen LogP contribution in [0, 0.1) is 19.8 Å². The summed E-state index contributed by atoms with van der Waals surface area (Å²) in [4.78, 5) is 11.0. The molecule has 1 atom stereocenters. The van der Waals surface area contributed by atoms with Crippen molar-refractivity contribution in [3.05, 3.63) is 11.3 Å². The molecule has 1 aliphatic rings. The normalized spacial score (nSPS) is 20.8. The van der Waals surface area contributed by atoms with Gasteiger partial charge in [-0.05, 0) is 26.7 Å². The number of aromatic nitrogens is 2. The van der Waals surface area contributed by atoms with Gasteiger partial charge in [0.05, 0.1) is 5.92 Å². The van der Waals surface area contributed by atoms with Crippen molar-refractivity contribution in [3.63, 3.8) is 0 Å². The van der Waals surface area contributed by atoms with E-state index in [4.69, 9.17) is 5.11 Å². The molecule has 3 N–H and O–H groups in total. The lowest BCUT2D eigenvalue weighted by Gasteiger charge is -2.29. The molecular weight excluding hydrogens is 284 g/mol. The van der Waals surface area contributed by atoms with Crippen molar-refractivity contribution < 1.29 is 18.3 Å². The van der Waals surface area contributed by atoms with Crippen molar-refractivity contribution >= 4 is 22.0 Å². The third-order valence-corrected chi connectivity index (χ3v) is 5.01. The zero-order valence-electron chi connectivity index (χ0n) is 11.4. The molecule has 1 unspecified atom stereocenters. The topological polar surface area (TPSA) is 115 Å². The van der Waals surface area contributed by atoms with Crippen molar-refractivity contribution in [2.75, 3.05) is 17.8 Å². The smallest absolute Gasteiger partial charge is 0.307 e. The lowest BCUT2D eigenvalue weighted by Crippen LogP contribution is -2.44. The van der Waals surface area contributed by atoms with Crippen LogP contribution in [0.4, 0.5) is 5.82 Å². The Hall–Kier alpha value is -1.61. The van der Waals surface area contributed by atoms with Crippen LogP contribution in [0.15, 0.2) is 0 Å². The van der Waals surface area contributed by atoms with E-state index in [-0.39, 0.29) is 12.4 Å². The number of nitrogens with zero attached hydrogens (tertiary/aromatic N) is 2. The summed E-state index contributed by atoms with van der Waals surface area (Å²) in [5.74, 6) is -1.36. The summed E-state index contributed by atoms with van der Waals surface area (Å²) in [5, 5.41) is 15.6. The number of nitrogens with one attached hydrogen (secondary N) is 2. The maximum absolute atomic E-state index is 12.3. The predicted molar refractivity (Wildman–Crippen MR) is 72.5 cm³/mol. The van der Waals surface area contributed by atoms with Crippen LogP contribution in [0.5, 0.6) is 0 Å². The molecule has 1 aromatic rings. The Morgan fingerprint density at radius 3 is 2.75 bits per heavy atom. The van der Waals surface area contributed by atoms with Crippen LogP contribution < -0.4 is 4.72 Å². The molecule has 2 rings (SSSR count). The number of carboxylic acid groups (broad SMARTS) is 1. The van der Waals surface area contributed by atoms with Gasteiger partial charge in [-0.3, -0.25) is 14.6 Å². The van der Waals surface area contributed by atoms with Gasteiger partial charge >= 0.3 is 16.2 Å². The van der Waals surface area contributed by atoms with E-state index in [0.29, 0.717) is 19.4 Å². The van der Waals surface area contributed by atoms with Crippen LogP contribution in [-0.4, -0.2) is 47.1 Å². The minimum absolute atomic E-state index is 0.00683. The third-order valence-electron chi connectivity index (χ3n) is 3.55. The molecule has 0 aromatic carbocycles. The summed E-state index contributed by atoms with van der Waals surface area (Å²) in [5.41, 5.74) is 1.50. The maximum atomic E-state index is 12.3. The predicted octanol–water partition coefficient (Wildman–Crippen LogP) is 0.480. The first-order chi connectivity index (χ1) is 9.31. The van der Waals surface area contributed by atoms with Gasteiger partial charge in [-0.15, -0.1) is 0 Å². The van der Waals surface area contributed by atoms with Gasteiger partial charge in [-0.25, -0.2) is 0 Å². The first-order valence-electron chi connectivity index (χ1n) is 6.33. The Bertz CT molecular complexity index is 610. The molecule has 1 saturated heterocycles. The average Bonchev–Trinajstić information content (AvgIpc) is 2.70. The number of anilines is 1. The van der Waals surface area contributed by atoms with Gasteiger partial charge in [0.15, 0.2) is 5.82 Å². The third kappa shape index (κ3) is 2.93. The van der Waals surface area contributed by atoms with E-state index in [1.165, 1.54) is 4.31 Å². The van der Waals surface area contributed by atoms with Gasteiger partial charge < -0.3 is 5.11 Å². The molecule has 112 valence electrons. The fourth-order valence-corrected chi connectivity index (χ4v) is 3.45. The van der Waals surface area contributed by atoms with Gasteiger partial charge in [-0.2, -0.15) is 17.8 Å². The number of carbonyl (C=O) groups is 1. The molecule has 1 aliphatic heterocycles. The quantitative estimate of drug-likeness (QED) is 0.748. The number of carboxylic acids is 1. The monoisotopic (exact) mass is 302 g/mol. The van der Waals surface area contributed by atoms with Crippen LogP contribution in [0.25, 0.3) is 0 Å². The molecule has 1 aromatic heterocycles. The van der Waals surface area contributed by atoms with Gasteiger partial charge in [0.1, 0.15) is 0 Å². The lowest BCUT2D eigenvalue weighted by atomic mass is 10.0. The first kappa shape index (κ1) is 14.8. The van der Waals surface area contributed by atoms with E-state index in [2.05, 4.69) is 14.9 Å². The summed E-state index contributed by atoms with van der Waals surface area (Å²) < 4.78 is 28.1. The van der Waals surface area contributed by atoms with Crippen LogP contribution in [-0.2, 0) is 15.0 Å². The van der Waals surface area contributed by atoms with Crippen molar-refractivity contribution in [2.45, 2.75) is 26.7 Å². The highest BCUT2D eigenvalue weighted by molar-refractivity contribution is 7.90. The number of aliphatic carboxylic acids is 1. The summed E-state index contributed by atoms with van der Waals surface area (Å²) in [6, 6.07) is 0. The Labute approximate surface area is 117 Å². The molecule has 0 aliphatic carbocycles. The second-order valence-corrected chi connectivity index (χ2v) is 6.64. The maximum Gasteiger partial charge on any atom is 0.307 e. The molecule has 0 amide bonds. The van der Waals surface area contributed by atoms with Crippen LogP contribution in [0.2, 0.25) is 0 Å². The highest BCUT2D eigenvalue weighted by atomic mass is 32.2. The van der Waals surface area contributed by atoms with Crippen LogP contribution in [0.1, 0.15) is 24.1 Å². The minimum Gasteiger partial charge on any atom is -0.481 e. The van der Waals surface area contributed by atoms with Gasteiger partial charge in [0.25, 0.3) is 0 Å². The first-order valence-corrected chi connectivity index (χ1v) is 7.77. The minimum atomic E-state index is -3.77. The molecule has 0 saturated carbocycles. The standard InChI is InChI=1S/C11H18N4O4S/c1-7-8(2)12-13-10(7)14-20(18,19)15-5-3-4-9(6-15)11(16)17/h9H,3-6H2,1-2H3,(H,16,17)(H2,12,13,14). The van der Waals surface area contributed by atoms with E-state index >= 15 is 0 Å². The lowest BCUT2D eigenvalue weighted by molar-refractivity contribution is -0.142. The highest BCUT2D eigenvalue weighted by Crippen LogP contribution is 2.22. The molecule has 2 heterocycles. The molecule has 9 heteroatoms. The van der Waals surface area contributed by atoms with Crippen molar-refractivity contribution in [2.24, 2.45) is 5.92 Å². The van der Waals surface area contributed by atoms with E-state index in [0.717, 1.165) is 11.3 Å². The summed E-state index contributed by atoms with van der Waals surface area (Å²) in [7, 11) is -3.77. The molecule has 1 fully saturated rings. The van der Waals surface area contributed by atoms with Crippen molar-refractivity contribution in [1.82, 2.24) is 14.5 Å². The molecular formula is C11H18N4O4S. The van der Waals surface area contributed by atoms with Crippen LogP contribution in [0.3, 0.4) is 0 Å². The fraction of sp³-hybridized carbons (Fsp3) is 0.636. The van der Waals surface area contributed by atoms with E-state index < -0.39 is 22.1 Å². The van der Waals surface area contributed by atoms with Gasteiger partial charge in [0, 0.05) is 24.3 Å². The number of rotatable bonds is 4. The van der Waals surface area contributed by atoms with Crippen LogP contribution >= 0.6 is 0 Å². The van der Waals surface area contributed by atoms with Crippen molar-refractivity contribution in [3.8, 4) is 0 Å². The Kier molecular flexibility index (Phi) is 4.00. The zero-order chi connectivity index (χ0) is 14.9. The molecule has 0 bridgehead atoms. The zero-order valence-corrected chi connectivity index (χ0v) is 12.2. The SMILES string of the molecule is Cc1[nH]nc(NS(=O)(=O)N2CCCC(C(=O)O)C2)c1C. The average molecular weight is 302 g/mol. The summed E-state index contributed by atoms with van der Waals surface area (Å²) in [6.07, 6.45) is 1.04. The summed E-state index contributed by atoms with van der Waals surface area (Å²) in [6.45, 7) is 3.86. The van der Waals surface area contributed by atoms with E-state index in [1.807, 2.05) is 0 Å². The molecule has 0 radical (unpaired) electrons. The van der Waals surface area contributed by atoms with Gasteiger partial charge in [0.2, 0.25) is 0 Å².